The van der Waals surface area contributed by atoms with Crippen molar-refractivity contribution in [3.05, 3.63) is 102 Å². The fourth-order valence-electron chi connectivity index (χ4n) is 3.92. The predicted molar refractivity (Wildman–Crippen MR) is 124 cm³/mol. The van der Waals surface area contributed by atoms with Crippen LogP contribution >= 0.6 is 23.2 Å². The van der Waals surface area contributed by atoms with Crippen LogP contribution in [-0.2, 0) is 6.61 Å². The molecule has 3 N–H and O–H groups in total. The molecule has 0 unspecified atom stereocenters. The van der Waals surface area contributed by atoms with Gasteiger partial charge in [-0.2, -0.15) is 0 Å². The number of hydrogen-bond acceptors (Lipinski definition) is 8. The minimum atomic E-state index is -1.46. The third-order valence-electron chi connectivity index (χ3n) is 5.45. The fourth-order valence-corrected chi connectivity index (χ4v) is 4.26. The van der Waals surface area contributed by atoms with Crippen LogP contribution in [0.15, 0.2) is 71.4 Å². The van der Waals surface area contributed by atoms with Crippen LogP contribution in [0.25, 0.3) is 21.9 Å². The Morgan fingerprint density at radius 2 is 1.24 bits per heavy atom. The maximum Gasteiger partial charge on any atom is 0.344 e. The Balaban J connectivity index is 1.90. The van der Waals surface area contributed by atoms with E-state index in [1.165, 1.54) is 48.5 Å². The number of rotatable bonds is 4. The highest BCUT2D eigenvalue weighted by Gasteiger charge is 2.34. The molecular formula is C24H14Cl2O8. The summed E-state index contributed by atoms with van der Waals surface area (Å²) >= 11 is 12.1. The topological polar surface area (TPSA) is 134 Å². The van der Waals surface area contributed by atoms with Crippen molar-refractivity contribution in [2.45, 2.75) is 12.5 Å². The molecule has 0 saturated carbocycles. The molecule has 5 aromatic rings. The number of furan rings is 1. The first kappa shape index (κ1) is 22.1. The van der Waals surface area contributed by atoms with Crippen molar-refractivity contribution in [1.82, 2.24) is 0 Å². The third-order valence-corrected chi connectivity index (χ3v) is 5.92. The number of halogens is 2. The molecule has 0 bridgehead atoms. The van der Waals surface area contributed by atoms with Gasteiger partial charge in [0.2, 0.25) is 0 Å². The average molecular weight is 501 g/mol. The number of aliphatic hydroxyl groups excluding tert-OH is 1. The maximum atomic E-state index is 13.1. The van der Waals surface area contributed by atoms with Crippen molar-refractivity contribution in [2.24, 2.45) is 0 Å². The van der Waals surface area contributed by atoms with Gasteiger partial charge >= 0.3 is 11.3 Å². The number of benzene rings is 2. The highest BCUT2D eigenvalue weighted by Crippen LogP contribution is 2.43. The summed E-state index contributed by atoms with van der Waals surface area (Å²) in [6, 6.07) is 11.4. The van der Waals surface area contributed by atoms with Crippen molar-refractivity contribution < 1.29 is 28.6 Å². The minimum absolute atomic E-state index is 0.0305. The van der Waals surface area contributed by atoms with Crippen molar-refractivity contribution in [3.63, 3.8) is 0 Å². The van der Waals surface area contributed by atoms with E-state index in [-0.39, 0.29) is 43.5 Å². The van der Waals surface area contributed by atoms with Gasteiger partial charge in [0.1, 0.15) is 40.8 Å². The van der Waals surface area contributed by atoms with Gasteiger partial charge in [-0.05, 0) is 48.5 Å². The standard InChI is InChI=1S/C24H14Cl2O8/c25-10-1-4-15-13(7-10)21(28)19(23(30)33-15)18(17-6-3-12(9-27)32-17)20-22(29)14-8-11(26)2-5-16(14)34-24(20)31/h1-8,18,27-29H,9H2. The largest absolute Gasteiger partial charge is 0.507 e. The summed E-state index contributed by atoms with van der Waals surface area (Å²) < 4.78 is 16.4. The Morgan fingerprint density at radius 1 is 0.735 bits per heavy atom. The monoisotopic (exact) mass is 500 g/mol. The number of aliphatic hydroxyl groups is 1. The van der Waals surface area contributed by atoms with Gasteiger partial charge in [0.15, 0.2) is 0 Å². The SMILES string of the molecule is O=c1oc2ccc(Cl)cc2c(O)c1C(c1ccc(CO)o1)c1c(O)c2cc(Cl)ccc2oc1=O. The molecule has 2 aromatic carbocycles. The van der Waals surface area contributed by atoms with E-state index in [4.69, 9.17) is 36.5 Å². The molecule has 172 valence electrons. The van der Waals surface area contributed by atoms with E-state index < -0.39 is 46.4 Å². The highest BCUT2D eigenvalue weighted by molar-refractivity contribution is 6.31. The molecule has 5 rings (SSSR count). The smallest absolute Gasteiger partial charge is 0.344 e. The number of fused-ring (bicyclic) bond motifs is 2. The molecular weight excluding hydrogens is 487 g/mol. The minimum Gasteiger partial charge on any atom is -0.507 e. The van der Waals surface area contributed by atoms with E-state index in [2.05, 4.69) is 0 Å². The lowest BCUT2D eigenvalue weighted by molar-refractivity contribution is 0.242. The second-order valence-electron chi connectivity index (χ2n) is 7.48. The first-order valence-electron chi connectivity index (χ1n) is 9.88. The summed E-state index contributed by atoms with van der Waals surface area (Å²) in [6.07, 6.45) is 0. The molecule has 3 aromatic heterocycles. The van der Waals surface area contributed by atoms with E-state index in [9.17, 15) is 24.9 Å². The Kier molecular flexibility index (Phi) is 5.36. The van der Waals surface area contributed by atoms with E-state index >= 15 is 0 Å². The molecule has 0 radical (unpaired) electrons. The van der Waals surface area contributed by atoms with Crippen LogP contribution in [0.1, 0.15) is 28.6 Å². The summed E-state index contributed by atoms with van der Waals surface area (Å²) in [4.78, 5) is 26.1. The van der Waals surface area contributed by atoms with Crippen LogP contribution in [0.3, 0.4) is 0 Å². The zero-order valence-corrected chi connectivity index (χ0v) is 18.6. The number of aromatic hydroxyl groups is 2. The first-order chi connectivity index (χ1) is 16.3. The van der Waals surface area contributed by atoms with E-state index in [0.717, 1.165) is 0 Å². The molecule has 8 nitrogen and oxygen atoms in total. The van der Waals surface area contributed by atoms with Crippen molar-refractivity contribution >= 4 is 45.1 Å². The molecule has 34 heavy (non-hydrogen) atoms. The van der Waals surface area contributed by atoms with Crippen LogP contribution in [0.2, 0.25) is 10.0 Å². The molecule has 0 amide bonds. The summed E-state index contributed by atoms with van der Waals surface area (Å²) in [5.41, 5.74) is -2.62. The van der Waals surface area contributed by atoms with E-state index in [0.29, 0.717) is 0 Å². The lowest BCUT2D eigenvalue weighted by Crippen LogP contribution is -2.21. The first-order valence-corrected chi connectivity index (χ1v) is 10.6. The normalized spacial score (nSPS) is 11.6. The van der Waals surface area contributed by atoms with Gasteiger partial charge in [0.05, 0.1) is 27.8 Å². The second kappa shape index (κ2) is 8.25. The van der Waals surface area contributed by atoms with Crippen LogP contribution in [0.4, 0.5) is 0 Å². The maximum absolute atomic E-state index is 13.1. The molecule has 0 aliphatic heterocycles. The lowest BCUT2D eigenvalue weighted by Gasteiger charge is -2.17. The van der Waals surface area contributed by atoms with Crippen molar-refractivity contribution in [3.8, 4) is 11.5 Å². The van der Waals surface area contributed by atoms with E-state index in [1.807, 2.05) is 0 Å². The van der Waals surface area contributed by atoms with Crippen molar-refractivity contribution in [1.29, 1.82) is 0 Å². The summed E-state index contributed by atoms with van der Waals surface area (Å²) in [5.74, 6) is -2.41. The van der Waals surface area contributed by atoms with Gasteiger partial charge in [-0.3, -0.25) is 0 Å². The van der Waals surface area contributed by atoms with Gasteiger partial charge < -0.3 is 28.6 Å². The molecule has 0 saturated heterocycles. The van der Waals surface area contributed by atoms with Gasteiger partial charge in [0.25, 0.3) is 0 Å². The van der Waals surface area contributed by atoms with Crippen LogP contribution in [-0.4, -0.2) is 15.3 Å². The Bertz CT molecular complexity index is 1590. The van der Waals surface area contributed by atoms with Crippen LogP contribution in [0.5, 0.6) is 11.5 Å². The number of hydrogen-bond donors (Lipinski definition) is 3. The Labute approximate surface area is 199 Å². The average Bonchev–Trinajstić information content (AvgIpc) is 3.28. The summed E-state index contributed by atoms with van der Waals surface area (Å²) in [7, 11) is 0. The van der Waals surface area contributed by atoms with Gasteiger partial charge in [0, 0.05) is 10.0 Å². The fraction of sp³-hybridized carbons (Fsp3) is 0.0833. The van der Waals surface area contributed by atoms with Crippen LogP contribution < -0.4 is 11.3 Å². The molecule has 0 fully saturated rings. The second-order valence-corrected chi connectivity index (χ2v) is 8.35. The summed E-state index contributed by atoms with van der Waals surface area (Å²) in [6.45, 7) is -0.464. The Morgan fingerprint density at radius 3 is 1.68 bits per heavy atom. The Hall–Kier alpha value is -3.72. The van der Waals surface area contributed by atoms with Crippen molar-refractivity contribution in [2.75, 3.05) is 0 Å². The lowest BCUT2D eigenvalue weighted by atomic mass is 9.88. The molecule has 0 aliphatic rings. The molecule has 3 heterocycles. The quantitative estimate of drug-likeness (QED) is 0.297. The van der Waals surface area contributed by atoms with Gasteiger partial charge in [-0.1, -0.05) is 23.2 Å². The third kappa shape index (κ3) is 3.52. The van der Waals surface area contributed by atoms with Crippen LogP contribution in [0, 0.1) is 0 Å². The molecule has 0 spiro atoms. The molecule has 0 atom stereocenters. The van der Waals surface area contributed by atoms with E-state index in [1.54, 1.807) is 0 Å². The zero-order chi connectivity index (χ0) is 24.1. The molecule has 0 aliphatic carbocycles. The highest BCUT2D eigenvalue weighted by atomic mass is 35.5. The molecule has 10 heteroatoms. The van der Waals surface area contributed by atoms with Gasteiger partial charge in [-0.15, -0.1) is 0 Å². The predicted octanol–water partition coefficient (Wildman–Crippen LogP) is 4.88. The van der Waals surface area contributed by atoms with Gasteiger partial charge in [-0.25, -0.2) is 9.59 Å². The zero-order valence-electron chi connectivity index (χ0n) is 17.0. The summed E-state index contributed by atoms with van der Waals surface area (Å²) in [5, 5.41) is 32.4.